The Labute approximate surface area is 215 Å². The molecule has 0 unspecified atom stereocenters. The van der Waals surface area contributed by atoms with Crippen molar-refractivity contribution in [1.29, 1.82) is 0 Å². The second-order valence-electron chi connectivity index (χ2n) is 7.16. The molecule has 1 heterocycles. The first-order chi connectivity index (χ1) is 16.4. The van der Waals surface area contributed by atoms with Crippen LogP contribution in [0, 0.1) is 0 Å². The summed E-state index contributed by atoms with van der Waals surface area (Å²) in [6.45, 7) is 7.32. The summed E-state index contributed by atoms with van der Waals surface area (Å²) in [6, 6.07) is 14.3. The Bertz CT molecular complexity index is 1110. The zero-order chi connectivity index (χ0) is 24.5. The smallest absolute Gasteiger partial charge is 0.664 e. The predicted octanol–water partition coefficient (Wildman–Crippen LogP) is 6.49. The molecule has 9 heteroatoms. The molecule has 1 aliphatic heterocycles. The summed E-state index contributed by atoms with van der Waals surface area (Å²) < 4.78 is 10.4. The third-order valence-electron chi connectivity index (χ3n) is 4.78. The molecule has 0 N–H and O–H groups in total. The number of rotatable bonds is 4. The average Bonchev–Trinajstić information content (AvgIpc) is 2.81. The molecule has 3 rings (SSSR count). The van der Waals surface area contributed by atoms with Gasteiger partial charge in [-0.3, -0.25) is 9.98 Å². The second kappa shape index (κ2) is 13.3. The number of ether oxygens (including phenoxy) is 2. The summed E-state index contributed by atoms with van der Waals surface area (Å²) in [5, 5.41) is 8.96. The molecule has 0 spiro atoms. The predicted molar refractivity (Wildman–Crippen MR) is 134 cm³/mol. The van der Waals surface area contributed by atoms with Crippen molar-refractivity contribution in [1.82, 2.24) is 0 Å². The molecule has 35 heavy (non-hydrogen) atoms. The van der Waals surface area contributed by atoms with Crippen molar-refractivity contribution < 1.29 is 35.8 Å². The molecule has 1 aliphatic rings. The fraction of sp³-hybridized carbons (Fsp3) is 0.231. The van der Waals surface area contributed by atoms with Gasteiger partial charge in [0.1, 0.15) is 0 Å². The molecule has 0 fully saturated rings. The molecule has 0 atom stereocenters. The Hall–Kier alpha value is -3.69. The number of nitrogens with zero attached hydrogens (tertiary/aromatic N) is 4. The van der Waals surface area contributed by atoms with Crippen LogP contribution >= 0.6 is 0 Å². The summed E-state index contributed by atoms with van der Waals surface area (Å²) in [6.07, 6.45) is 2.84. The molecular formula is C26H26CoN4O4. The van der Waals surface area contributed by atoms with Gasteiger partial charge < -0.3 is 20.1 Å². The van der Waals surface area contributed by atoms with Crippen LogP contribution in [0.15, 0.2) is 82.1 Å². The molecular weight excluding hydrogens is 491 g/mol. The summed E-state index contributed by atoms with van der Waals surface area (Å²) >= 11 is 0. The van der Waals surface area contributed by atoms with E-state index in [2.05, 4.69) is 20.6 Å². The standard InChI is InChI=1S/C26H28N4O4.Co/c1-5-33-25(31)19-15-27-21-11-7-8-12-22(21)28-16-20(26(32)34-6-2)18(4)30-24-14-10-9-13-23(24)29-17(19)3;/h7-16H,5-6H2,1-4H3,(H2,27,28,29,30,31,32);/q;+2/p-2. The maximum Gasteiger partial charge on any atom is 2.00 e. The van der Waals surface area contributed by atoms with Gasteiger partial charge in [-0.05, 0) is 39.8 Å². The van der Waals surface area contributed by atoms with Gasteiger partial charge in [-0.1, -0.05) is 36.4 Å². The summed E-state index contributed by atoms with van der Waals surface area (Å²) in [7, 11) is 0. The van der Waals surface area contributed by atoms with Crippen LogP contribution in [0.1, 0.15) is 27.7 Å². The normalized spacial score (nSPS) is 16.3. The van der Waals surface area contributed by atoms with Crippen molar-refractivity contribution in [3.8, 4) is 0 Å². The minimum atomic E-state index is -0.532. The van der Waals surface area contributed by atoms with Crippen LogP contribution in [0.2, 0.25) is 0 Å². The van der Waals surface area contributed by atoms with E-state index in [1.165, 1.54) is 12.4 Å². The number of carbonyl (C=O) groups excluding carboxylic acids is 2. The molecule has 0 bridgehead atoms. The average molecular weight is 517 g/mol. The van der Waals surface area contributed by atoms with E-state index >= 15 is 0 Å². The molecule has 183 valence electrons. The van der Waals surface area contributed by atoms with E-state index in [1.54, 1.807) is 64.1 Å². The number of fused-ring (bicyclic) bond motifs is 2. The number of hydrogen-bond acceptors (Lipinski definition) is 6. The van der Waals surface area contributed by atoms with Crippen LogP contribution in [-0.4, -0.2) is 36.6 Å². The first kappa shape index (κ1) is 27.6. The Morgan fingerprint density at radius 3 is 1.46 bits per heavy atom. The largest absolute Gasteiger partial charge is 2.00 e. The summed E-state index contributed by atoms with van der Waals surface area (Å²) in [5.74, 6) is -1.06. The molecule has 0 saturated carbocycles. The van der Waals surface area contributed by atoms with Gasteiger partial charge in [0, 0.05) is 0 Å². The minimum Gasteiger partial charge on any atom is -0.664 e. The summed E-state index contributed by atoms with van der Waals surface area (Å²) in [5.41, 5.74) is 3.30. The van der Waals surface area contributed by atoms with Crippen molar-refractivity contribution in [2.75, 3.05) is 13.2 Å². The number of carbonyl (C=O) groups is 2. The van der Waals surface area contributed by atoms with Crippen molar-refractivity contribution in [3.05, 3.63) is 82.7 Å². The number of hydrogen-bond donors (Lipinski definition) is 0. The van der Waals surface area contributed by atoms with Crippen LogP contribution in [0.25, 0.3) is 10.6 Å². The third-order valence-corrected chi connectivity index (χ3v) is 4.78. The zero-order valence-electron chi connectivity index (χ0n) is 19.9. The monoisotopic (exact) mass is 517 g/mol. The molecule has 0 saturated heterocycles. The van der Waals surface area contributed by atoms with Crippen LogP contribution in [0.3, 0.4) is 0 Å². The van der Waals surface area contributed by atoms with Crippen molar-refractivity contribution in [2.24, 2.45) is 9.98 Å². The van der Waals surface area contributed by atoms with Crippen molar-refractivity contribution in [3.63, 3.8) is 0 Å². The fourth-order valence-electron chi connectivity index (χ4n) is 3.09. The SMILES string of the molecule is CCOC(=O)/C1=C/[N-]c2ccccc2[N-]/C=C(/C(=O)OCC)C(C)=Nc2ccccc2N=C1C.[Co+2]. The molecule has 8 nitrogen and oxygen atoms in total. The van der Waals surface area contributed by atoms with E-state index in [1.807, 2.05) is 12.1 Å². The number of benzene rings is 2. The molecule has 0 amide bonds. The number of esters is 2. The topological polar surface area (TPSA) is 106 Å². The van der Waals surface area contributed by atoms with E-state index in [0.29, 0.717) is 34.2 Å². The van der Waals surface area contributed by atoms with Gasteiger partial charge in [0.15, 0.2) is 0 Å². The maximum atomic E-state index is 12.7. The molecule has 2 aromatic carbocycles. The van der Waals surface area contributed by atoms with E-state index in [0.717, 1.165) is 0 Å². The van der Waals surface area contributed by atoms with Crippen LogP contribution < -0.4 is 0 Å². The molecule has 1 radical (unpaired) electrons. The first-order valence-electron chi connectivity index (χ1n) is 10.9. The fourth-order valence-corrected chi connectivity index (χ4v) is 3.09. The first-order valence-corrected chi connectivity index (χ1v) is 10.9. The van der Waals surface area contributed by atoms with E-state index in [9.17, 15) is 9.59 Å². The Morgan fingerprint density at radius 1 is 0.714 bits per heavy atom. The number of aliphatic imine (C=N–C) groups is 2. The summed E-state index contributed by atoms with van der Waals surface area (Å²) in [4.78, 5) is 34.6. The van der Waals surface area contributed by atoms with Crippen LogP contribution in [-0.2, 0) is 35.8 Å². The van der Waals surface area contributed by atoms with Gasteiger partial charge >= 0.3 is 28.7 Å². The van der Waals surface area contributed by atoms with Gasteiger partial charge in [-0.15, -0.1) is 0 Å². The van der Waals surface area contributed by atoms with Crippen molar-refractivity contribution >= 4 is 46.1 Å². The minimum absolute atomic E-state index is 0. The molecule has 2 aromatic rings. The van der Waals surface area contributed by atoms with Crippen LogP contribution in [0.5, 0.6) is 0 Å². The Balaban J connectivity index is 0.00000432. The quantitative estimate of drug-likeness (QED) is 0.432. The molecule has 0 aliphatic carbocycles. The number of para-hydroxylation sites is 4. The Kier molecular flexibility index (Phi) is 10.4. The van der Waals surface area contributed by atoms with Gasteiger partial charge in [-0.25, -0.2) is 9.59 Å². The van der Waals surface area contributed by atoms with Crippen LogP contribution in [0.4, 0.5) is 22.7 Å². The van der Waals surface area contributed by atoms with E-state index < -0.39 is 11.9 Å². The van der Waals surface area contributed by atoms with Crippen molar-refractivity contribution in [2.45, 2.75) is 27.7 Å². The van der Waals surface area contributed by atoms with Gasteiger partial charge in [0.25, 0.3) is 0 Å². The van der Waals surface area contributed by atoms with Gasteiger partial charge in [0.05, 0.1) is 47.2 Å². The maximum absolute atomic E-state index is 12.7. The third kappa shape index (κ3) is 7.14. The zero-order valence-corrected chi connectivity index (χ0v) is 21.0. The van der Waals surface area contributed by atoms with E-state index in [-0.39, 0.29) is 41.1 Å². The molecule has 0 aromatic heterocycles. The Morgan fingerprint density at radius 2 is 1.09 bits per heavy atom. The van der Waals surface area contributed by atoms with E-state index in [4.69, 9.17) is 9.47 Å². The van der Waals surface area contributed by atoms with Gasteiger partial charge in [-0.2, -0.15) is 23.8 Å². The van der Waals surface area contributed by atoms with Gasteiger partial charge in [0.2, 0.25) is 0 Å². The second-order valence-corrected chi connectivity index (χ2v) is 7.16.